The van der Waals surface area contributed by atoms with Crippen LogP contribution in [0.3, 0.4) is 0 Å². The Hall–Kier alpha value is -0.606. The van der Waals surface area contributed by atoms with Gasteiger partial charge in [0.1, 0.15) is 0 Å². The molecule has 3 rings (SSSR count). The average molecular weight is 455 g/mol. The van der Waals surface area contributed by atoms with Crippen LogP contribution in [0.4, 0.5) is 0 Å². The average Bonchev–Trinajstić information content (AvgIpc) is 3.01. The molecule has 0 spiro atoms. The monoisotopic (exact) mass is 454 g/mol. The van der Waals surface area contributed by atoms with Gasteiger partial charge in [-0.05, 0) is 0 Å². The fraction of sp³-hybridized carbons (Fsp3) is 0.391. The maximum atomic E-state index is 6.24. The largest absolute Gasteiger partial charge is 1.00 e. The molecule has 5 heteroatoms. The Morgan fingerprint density at radius 2 is 1.71 bits per heavy atom. The van der Waals surface area contributed by atoms with Crippen molar-refractivity contribution >= 4 is 20.2 Å². The summed E-state index contributed by atoms with van der Waals surface area (Å²) in [6, 6.07) is 13.4. The van der Waals surface area contributed by atoms with E-state index in [1.54, 1.807) is 0 Å². The molecule has 0 radical (unpaired) electrons. The Bertz CT molecular complexity index is 869. The van der Waals surface area contributed by atoms with E-state index in [1.807, 2.05) is 7.11 Å². The van der Waals surface area contributed by atoms with Gasteiger partial charge in [0.15, 0.2) is 0 Å². The molecule has 1 aliphatic carbocycles. The maximum absolute atomic E-state index is 6.24. The normalized spacial score (nSPS) is 13.7. The van der Waals surface area contributed by atoms with Crippen molar-refractivity contribution in [3.8, 4) is 0 Å². The minimum atomic E-state index is -1.98. The summed E-state index contributed by atoms with van der Waals surface area (Å²) in [7, 11) is 6.19. The molecule has 151 valence electrons. The molecular weight excluding hydrogens is 425 g/mol. The van der Waals surface area contributed by atoms with Crippen molar-refractivity contribution in [2.45, 2.75) is 30.9 Å². The third-order valence-electron chi connectivity index (χ3n) is 4.88. The van der Waals surface area contributed by atoms with Gasteiger partial charge in [-0.25, -0.2) is 0 Å². The van der Waals surface area contributed by atoms with Crippen molar-refractivity contribution in [3.63, 3.8) is 0 Å². The first kappa shape index (κ1) is 25.4. The van der Waals surface area contributed by atoms with E-state index in [4.69, 9.17) is 3.32 Å². The second-order valence-electron chi connectivity index (χ2n) is 8.34. The minimum Gasteiger partial charge on any atom is -1.00 e. The SMILES string of the molecule is C[O][Ti+2]([c]1c(C2=C(CN(C)C)C=CC2)ccc2ccccc12)[C](C)(C)C.[Cl-].[Cl-]. The smallest absolute Gasteiger partial charge is 1.00 e. The van der Waals surface area contributed by atoms with Gasteiger partial charge < -0.3 is 24.8 Å². The van der Waals surface area contributed by atoms with Crippen molar-refractivity contribution in [3.05, 3.63) is 59.7 Å². The van der Waals surface area contributed by atoms with E-state index < -0.39 is 18.3 Å². The zero-order valence-corrected chi connectivity index (χ0v) is 20.7. The van der Waals surface area contributed by atoms with Crippen LogP contribution in [-0.4, -0.2) is 32.6 Å². The Labute approximate surface area is 189 Å². The van der Waals surface area contributed by atoms with Crippen LogP contribution in [0.2, 0.25) is 3.72 Å². The van der Waals surface area contributed by atoms with Crippen LogP contribution in [0.1, 0.15) is 32.8 Å². The van der Waals surface area contributed by atoms with Crippen LogP contribution < -0.4 is 28.7 Å². The summed E-state index contributed by atoms with van der Waals surface area (Å²) in [5, 5.41) is 2.69. The summed E-state index contributed by atoms with van der Waals surface area (Å²) in [5.41, 5.74) is 4.33. The van der Waals surface area contributed by atoms with Gasteiger partial charge in [-0.1, -0.05) is 0 Å². The topological polar surface area (TPSA) is 12.5 Å². The molecule has 28 heavy (non-hydrogen) atoms. The molecular formula is C23H30Cl2NOTi. The minimum absolute atomic E-state index is 0. The molecule has 0 N–H and O–H groups in total. The van der Waals surface area contributed by atoms with Gasteiger partial charge in [0.25, 0.3) is 0 Å². The molecule has 0 atom stereocenters. The van der Waals surface area contributed by atoms with E-state index in [0.717, 1.165) is 13.0 Å². The fourth-order valence-corrected chi connectivity index (χ4v) is 7.80. The molecule has 0 aromatic heterocycles. The van der Waals surface area contributed by atoms with Crippen LogP contribution in [0.5, 0.6) is 0 Å². The van der Waals surface area contributed by atoms with Crippen LogP contribution in [-0.2, 0) is 21.6 Å². The second-order valence-corrected chi connectivity index (χ2v) is 13.1. The van der Waals surface area contributed by atoms with E-state index in [-0.39, 0.29) is 28.5 Å². The van der Waals surface area contributed by atoms with Crippen molar-refractivity contribution in [2.24, 2.45) is 0 Å². The van der Waals surface area contributed by atoms with Gasteiger partial charge in [-0.2, -0.15) is 0 Å². The molecule has 0 aliphatic heterocycles. The Morgan fingerprint density at radius 1 is 1.04 bits per heavy atom. The van der Waals surface area contributed by atoms with Crippen LogP contribution in [0, 0.1) is 0 Å². The molecule has 1 aliphatic rings. The van der Waals surface area contributed by atoms with Gasteiger partial charge in [-0.3, -0.25) is 0 Å². The number of halogens is 2. The zero-order chi connectivity index (χ0) is 18.9. The third kappa shape index (κ3) is 5.30. The number of allylic oxidation sites excluding steroid dienone is 2. The molecule has 0 fully saturated rings. The summed E-state index contributed by atoms with van der Waals surface area (Å²) < 4.78 is 7.91. The number of hydrogen-bond acceptors (Lipinski definition) is 2. The summed E-state index contributed by atoms with van der Waals surface area (Å²) in [6.45, 7) is 7.98. The molecule has 2 aromatic rings. The molecule has 0 amide bonds. The van der Waals surface area contributed by atoms with E-state index in [1.165, 1.54) is 31.4 Å². The Kier molecular flexibility index (Phi) is 9.47. The first-order chi connectivity index (χ1) is 12.3. The van der Waals surface area contributed by atoms with Crippen molar-refractivity contribution in [1.29, 1.82) is 0 Å². The molecule has 0 saturated carbocycles. The second kappa shape index (κ2) is 10.4. The van der Waals surface area contributed by atoms with Crippen molar-refractivity contribution in [2.75, 3.05) is 27.7 Å². The van der Waals surface area contributed by atoms with Crippen LogP contribution in [0.25, 0.3) is 16.3 Å². The molecule has 2 nitrogen and oxygen atoms in total. The predicted octanol–water partition coefficient (Wildman–Crippen LogP) is -0.854. The molecule has 2 aromatic carbocycles. The molecule has 0 heterocycles. The zero-order valence-electron chi connectivity index (χ0n) is 17.6. The standard InChI is InChI=1S/C18H18N.C4H9.CH3O.2ClH.Ti/c1-19(2)13-17-8-5-9-18(17)16-11-10-14-6-3-4-7-15(14)12-16;1-4(2)3;1-2;;;/h3-8,10-11H,9,13H2,1-2H3;1-3H3;1H3;2*1H;/q;;-1;;;+3/p-2. The van der Waals surface area contributed by atoms with Gasteiger partial charge in [0.2, 0.25) is 0 Å². The molecule has 0 unspecified atom stereocenters. The summed E-state index contributed by atoms with van der Waals surface area (Å²) in [6.07, 6.45) is 5.63. The number of benzene rings is 2. The number of rotatable bonds is 5. The summed E-state index contributed by atoms with van der Waals surface area (Å²) >= 11 is -1.98. The predicted molar refractivity (Wildman–Crippen MR) is 110 cm³/mol. The van der Waals surface area contributed by atoms with Gasteiger partial charge >= 0.3 is 165 Å². The maximum Gasteiger partial charge on any atom is -1.00 e. The Morgan fingerprint density at radius 3 is 2.32 bits per heavy atom. The van der Waals surface area contributed by atoms with Crippen molar-refractivity contribution < 1.29 is 46.4 Å². The number of fused-ring (bicyclic) bond motifs is 1. The van der Waals surface area contributed by atoms with E-state index >= 15 is 0 Å². The molecule has 0 bridgehead atoms. The number of likely N-dealkylation sites (N-methyl/N-ethyl adjacent to an activating group) is 1. The van der Waals surface area contributed by atoms with E-state index in [9.17, 15) is 0 Å². The Balaban J connectivity index is 0.00000196. The van der Waals surface area contributed by atoms with Gasteiger partial charge in [0.05, 0.1) is 0 Å². The molecule has 0 saturated heterocycles. The summed E-state index contributed by atoms with van der Waals surface area (Å²) in [4.78, 5) is 2.25. The first-order valence-electron chi connectivity index (χ1n) is 9.30. The van der Waals surface area contributed by atoms with E-state index in [2.05, 4.69) is 88.3 Å². The van der Waals surface area contributed by atoms with Crippen LogP contribution in [0.15, 0.2) is 54.1 Å². The number of nitrogens with zero attached hydrogens (tertiary/aromatic N) is 1. The quantitative estimate of drug-likeness (QED) is 0.545. The van der Waals surface area contributed by atoms with Crippen LogP contribution >= 0.6 is 0 Å². The van der Waals surface area contributed by atoms with E-state index in [0.29, 0.717) is 0 Å². The number of hydrogen-bond donors (Lipinski definition) is 0. The third-order valence-corrected chi connectivity index (χ3v) is 9.20. The fourth-order valence-electron chi connectivity index (χ4n) is 3.87. The van der Waals surface area contributed by atoms with Gasteiger partial charge in [-0.15, -0.1) is 0 Å². The van der Waals surface area contributed by atoms with Crippen molar-refractivity contribution in [1.82, 2.24) is 4.90 Å². The first-order valence-corrected chi connectivity index (χ1v) is 11.5. The van der Waals surface area contributed by atoms with Gasteiger partial charge in [0, 0.05) is 0 Å². The summed E-state index contributed by atoms with van der Waals surface area (Å²) in [5.74, 6) is 0.